The van der Waals surface area contributed by atoms with E-state index in [-0.39, 0.29) is 5.41 Å². The van der Waals surface area contributed by atoms with Crippen LogP contribution in [-0.2, 0) is 0 Å². The Morgan fingerprint density at radius 2 is 2.05 bits per heavy atom. The molecule has 1 heterocycles. The first-order valence-corrected chi connectivity index (χ1v) is 8.15. The summed E-state index contributed by atoms with van der Waals surface area (Å²) >= 11 is 0. The maximum absolute atomic E-state index is 9.81. The molecule has 2 fully saturated rings. The number of aliphatic hydroxyl groups is 1. The lowest BCUT2D eigenvalue weighted by Crippen LogP contribution is -2.44. The van der Waals surface area contributed by atoms with Gasteiger partial charge in [0.25, 0.3) is 0 Å². The van der Waals surface area contributed by atoms with Crippen molar-refractivity contribution in [2.45, 2.75) is 63.5 Å². The molecule has 4 heteroatoms. The molecule has 20 heavy (non-hydrogen) atoms. The van der Waals surface area contributed by atoms with E-state index in [2.05, 4.69) is 21.1 Å². The largest absolute Gasteiger partial charge is 0.396 e. The topological polar surface area (TPSA) is 50.1 Å². The van der Waals surface area contributed by atoms with Crippen molar-refractivity contribution in [2.24, 2.45) is 5.41 Å². The Morgan fingerprint density at radius 1 is 1.20 bits per heavy atom. The molecule has 4 nitrogen and oxygen atoms in total. The molecule has 2 aliphatic carbocycles. The molecule has 2 N–H and O–H groups in total. The predicted molar refractivity (Wildman–Crippen MR) is 79.5 cm³/mol. The van der Waals surface area contributed by atoms with Gasteiger partial charge < -0.3 is 15.0 Å². The number of nitrogens with one attached hydrogen (secondary N) is 1. The lowest BCUT2D eigenvalue weighted by molar-refractivity contribution is 0.0768. The number of nitrogens with zero attached hydrogens (tertiary/aromatic N) is 2. The van der Waals surface area contributed by atoms with Crippen LogP contribution in [-0.4, -0.2) is 33.9 Å². The van der Waals surface area contributed by atoms with Gasteiger partial charge in [0, 0.05) is 43.0 Å². The molecule has 2 saturated carbocycles. The molecule has 0 spiro atoms. The molecule has 0 aromatic carbocycles. The normalized spacial score (nSPS) is 29.6. The summed E-state index contributed by atoms with van der Waals surface area (Å²) in [5.74, 6) is 0. The average Bonchev–Trinajstić information content (AvgIpc) is 3.16. The second kappa shape index (κ2) is 6.27. The smallest absolute Gasteiger partial charge is 0.0949 e. The van der Waals surface area contributed by atoms with E-state index < -0.39 is 0 Å². The highest BCUT2D eigenvalue weighted by molar-refractivity contribution is 4.94. The lowest BCUT2D eigenvalue weighted by atomic mass is 9.74. The van der Waals surface area contributed by atoms with Gasteiger partial charge in [0.15, 0.2) is 0 Å². The number of aromatic nitrogens is 2. The maximum atomic E-state index is 9.81. The van der Waals surface area contributed by atoms with Gasteiger partial charge >= 0.3 is 0 Å². The number of hydrogen-bond acceptors (Lipinski definition) is 3. The molecule has 0 amide bonds. The first-order valence-electron chi connectivity index (χ1n) is 8.15. The summed E-state index contributed by atoms with van der Waals surface area (Å²) in [6.07, 6.45) is 15.9. The Labute approximate surface area is 121 Å². The van der Waals surface area contributed by atoms with Gasteiger partial charge in [-0.2, -0.15) is 0 Å². The average molecular weight is 277 g/mol. The third kappa shape index (κ3) is 2.91. The van der Waals surface area contributed by atoms with E-state index in [1.165, 1.54) is 51.4 Å². The van der Waals surface area contributed by atoms with Gasteiger partial charge in [-0.15, -0.1) is 0 Å². The van der Waals surface area contributed by atoms with Crippen molar-refractivity contribution in [3.63, 3.8) is 0 Å². The minimum atomic E-state index is 0.139. The van der Waals surface area contributed by atoms with E-state index in [9.17, 15) is 5.11 Å². The zero-order valence-electron chi connectivity index (χ0n) is 12.3. The Hall–Kier alpha value is -0.870. The molecule has 2 unspecified atom stereocenters. The van der Waals surface area contributed by atoms with Crippen molar-refractivity contribution >= 4 is 0 Å². The van der Waals surface area contributed by atoms with E-state index in [0.717, 1.165) is 6.54 Å². The van der Waals surface area contributed by atoms with Crippen molar-refractivity contribution in [1.29, 1.82) is 0 Å². The quantitative estimate of drug-likeness (QED) is 0.869. The van der Waals surface area contributed by atoms with Crippen LogP contribution in [0.2, 0.25) is 0 Å². The second-order valence-electron chi connectivity index (χ2n) is 6.71. The minimum absolute atomic E-state index is 0.139. The minimum Gasteiger partial charge on any atom is -0.396 e. The molecule has 0 radical (unpaired) electrons. The van der Waals surface area contributed by atoms with Gasteiger partial charge in [-0.1, -0.05) is 19.3 Å². The van der Waals surface area contributed by atoms with Crippen molar-refractivity contribution in [3.8, 4) is 0 Å². The van der Waals surface area contributed by atoms with E-state index in [0.29, 0.717) is 18.7 Å². The SMILES string of the molecule is OCC1(CNC2CCCC2n2ccnc2)CCCCC1. The Balaban J connectivity index is 1.59. The summed E-state index contributed by atoms with van der Waals surface area (Å²) < 4.78 is 2.25. The van der Waals surface area contributed by atoms with Crippen LogP contribution >= 0.6 is 0 Å². The van der Waals surface area contributed by atoms with Crippen LogP contribution in [0.1, 0.15) is 57.4 Å². The molecule has 2 aliphatic rings. The second-order valence-corrected chi connectivity index (χ2v) is 6.71. The highest BCUT2D eigenvalue weighted by Crippen LogP contribution is 2.36. The first kappa shape index (κ1) is 14.1. The molecule has 3 rings (SSSR count). The van der Waals surface area contributed by atoms with Crippen LogP contribution in [0.3, 0.4) is 0 Å². The maximum Gasteiger partial charge on any atom is 0.0949 e. The summed E-state index contributed by atoms with van der Waals surface area (Å²) in [6, 6.07) is 1.08. The third-order valence-corrected chi connectivity index (χ3v) is 5.38. The number of imidazole rings is 1. The van der Waals surface area contributed by atoms with Gasteiger partial charge in [-0.3, -0.25) is 0 Å². The number of aliphatic hydroxyl groups excluding tert-OH is 1. The van der Waals surface area contributed by atoms with Crippen LogP contribution in [0.5, 0.6) is 0 Å². The van der Waals surface area contributed by atoms with Crippen LogP contribution in [0.25, 0.3) is 0 Å². The Bertz CT molecular complexity index is 398. The fraction of sp³-hybridized carbons (Fsp3) is 0.812. The van der Waals surface area contributed by atoms with Crippen molar-refractivity contribution in [3.05, 3.63) is 18.7 Å². The van der Waals surface area contributed by atoms with Crippen molar-refractivity contribution in [1.82, 2.24) is 14.9 Å². The van der Waals surface area contributed by atoms with E-state index in [4.69, 9.17) is 0 Å². The van der Waals surface area contributed by atoms with Crippen LogP contribution in [0, 0.1) is 5.41 Å². The molecule has 0 saturated heterocycles. The molecular formula is C16H27N3O. The molecule has 1 aromatic rings. The third-order valence-electron chi connectivity index (χ3n) is 5.38. The summed E-state index contributed by atoms with van der Waals surface area (Å²) in [5, 5.41) is 13.6. The molecule has 1 aromatic heterocycles. The Morgan fingerprint density at radius 3 is 2.75 bits per heavy atom. The summed E-state index contributed by atoms with van der Waals surface area (Å²) in [5.41, 5.74) is 0.139. The van der Waals surface area contributed by atoms with Crippen LogP contribution in [0.4, 0.5) is 0 Å². The summed E-state index contributed by atoms with van der Waals surface area (Å²) in [7, 11) is 0. The van der Waals surface area contributed by atoms with Gasteiger partial charge in [0.1, 0.15) is 0 Å². The molecule has 0 aliphatic heterocycles. The van der Waals surface area contributed by atoms with Gasteiger partial charge in [0.2, 0.25) is 0 Å². The number of rotatable bonds is 5. The number of hydrogen-bond donors (Lipinski definition) is 2. The Kier molecular flexibility index (Phi) is 4.41. The zero-order valence-corrected chi connectivity index (χ0v) is 12.3. The zero-order chi connectivity index (χ0) is 13.8. The van der Waals surface area contributed by atoms with E-state index in [1.807, 2.05) is 12.5 Å². The van der Waals surface area contributed by atoms with Gasteiger partial charge in [-0.05, 0) is 32.1 Å². The molecular weight excluding hydrogens is 250 g/mol. The first-order chi connectivity index (χ1) is 9.83. The van der Waals surface area contributed by atoms with Crippen molar-refractivity contribution in [2.75, 3.05) is 13.2 Å². The van der Waals surface area contributed by atoms with Crippen molar-refractivity contribution < 1.29 is 5.11 Å². The van der Waals surface area contributed by atoms with Gasteiger partial charge in [0.05, 0.1) is 6.33 Å². The summed E-state index contributed by atoms with van der Waals surface area (Å²) in [6.45, 7) is 1.31. The predicted octanol–water partition coefficient (Wildman–Crippen LogP) is 2.51. The van der Waals surface area contributed by atoms with E-state index >= 15 is 0 Å². The molecule has 2 atom stereocenters. The fourth-order valence-corrected chi connectivity index (χ4v) is 4.04. The van der Waals surface area contributed by atoms with Gasteiger partial charge in [-0.25, -0.2) is 4.98 Å². The summed E-state index contributed by atoms with van der Waals surface area (Å²) in [4.78, 5) is 4.18. The monoisotopic (exact) mass is 277 g/mol. The molecule has 0 bridgehead atoms. The molecule has 112 valence electrons. The van der Waals surface area contributed by atoms with Crippen LogP contribution in [0.15, 0.2) is 18.7 Å². The fourth-order valence-electron chi connectivity index (χ4n) is 4.04. The van der Waals surface area contributed by atoms with Crippen LogP contribution < -0.4 is 5.32 Å². The highest BCUT2D eigenvalue weighted by Gasteiger charge is 2.34. The lowest BCUT2D eigenvalue weighted by Gasteiger charge is -2.37. The van der Waals surface area contributed by atoms with E-state index in [1.54, 1.807) is 0 Å². The standard InChI is InChI=1S/C16H27N3O/c20-12-16(7-2-1-3-8-16)11-18-14-5-4-6-15(14)19-10-9-17-13-19/h9-10,13-15,18,20H,1-8,11-12H2. The highest BCUT2D eigenvalue weighted by atomic mass is 16.3.